The Balaban J connectivity index is 2.00. The molecule has 0 spiro atoms. The first-order chi connectivity index (χ1) is 11.3. The number of anilines is 1. The van der Waals surface area contributed by atoms with Crippen LogP contribution in [-0.2, 0) is 14.6 Å². The van der Waals surface area contributed by atoms with Crippen LogP contribution in [0.15, 0.2) is 33.7 Å². The van der Waals surface area contributed by atoms with Gasteiger partial charge >= 0.3 is 0 Å². The number of halogens is 1. The SMILES string of the molecule is CC[C@H](C)C(=O)N=C1S[C@H]2CS(=O)(=O)C[C@H]2N1c1cccc(Br)c1. The zero-order valence-corrected chi connectivity index (χ0v) is 16.7. The van der Waals surface area contributed by atoms with Crippen molar-refractivity contribution in [3.8, 4) is 0 Å². The fourth-order valence-electron chi connectivity index (χ4n) is 2.87. The van der Waals surface area contributed by atoms with Crippen molar-refractivity contribution in [2.24, 2.45) is 10.9 Å². The minimum absolute atomic E-state index is 0.0718. The number of sulfone groups is 1. The first-order valence-electron chi connectivity index (χ1n) is 7.85. The smallest absolute Gasteiger partial charge is 0.250 e. The van der Waals surface area contributed by atoms with Crippen LogP contribution in [0.3, 0.4) is 0 Å². The van der Waals surface area contributed by atoms with Gasteiger partial charge in [-0.3, -0.25) is 4.79 Å². The standard InChI is InChI=1S/C16H19BrN2O3S2/c1-3-10(2)15(20)18-16-19(12-6-4-5-11(17)7-12)13-8-24(21,22)9-14(13)23-16/h4-7,10,13-14H,3,8-9H2,1-2H3/t10-,13+,14-/m0/s1. The van der Waals surface area contributed by atoms with E-state index < -0.39 is 9.84 Å². The highest BCUT2D eigenvalue weighted by Gasteiger charge is 2.49. The van der Waals surface area contributed by atoms with Gasteiger partial charge in [-0.25, -0.2) is 8.42 Å². The molecule has 0 aromatic heterocycles. The van der Waals surface area contributed by atoms with Crippen molar-refractivity contribution in [1.29, 1.82) is 0 Å². The van der Waals surface area contributed by atoms with E-state index in [1.54, 1.807) is 0 Å². The number of nitrogens with zero attached hydrogens (tertiary/aromatic N) is 2. The van der Waals surface area contributed by atoms with Crippen molar-refractivity contribution in [1.82, 2.24) is 0 Å². The highest BCUT2D eigenvalue weighted by Crippen LogP contribution is 2.41. The van der Waals surface area contributed by atoms with Crippen molar-refractivity contribution in [3.05, 3.63) is 28.7 Å². The van der Waals surface area contributed by atoms with Crippen LogP contribution in [0.1, 0.15) is 20.3 Å². The third kappa shape index (κ3) is 3.55. The maximum Gasteiger partial charge on any atom is 0.250 e. The first kappa shape index (κ1) is 17.9. The highest BCUT2D eigenvalue weighted by atomic mass is 79.9. The molecule has 130 valence electrons. The highest BCUT2D eigenvalue weighted by molar-refractivity contribution is 9.10. The lowest BCUT2D eigenvalue weighted by molar-refractivity contribution is -0.121. The number of benzene rings is 1. The molecule has 0 N–H and O–H groups in total. The molecule has 3 atom stereocenters. The molecule has 0 radical (unpaired) electrons. The zero-order valence-electron chi connectivity index (χ0n) is 13.5. The molecule has 2 aliphatic heterocycles. The van der Waals surface area contributed by atoms with Gasteiger partial charge in [0.1, 0.15) is 0 Å². The normalized spacial score (nSPS) is 28.1. The Morgan fingerprint density at radius 3 is 2.88 bits per heavy atom. The quantitative estimate of drug-likeness (QED) is 0.736. The van der Waals surface area contributed by atoms with E-state index in [4.69, 9.17) is 0 Å². The Bertz CT molecular complexity index is 794. The largest absolute Gasteiger partial charge is 0.316 e. The molecule has 1 aromatic carbocycles. The Morgan fingerprint density at radius 2 is 2.21 bits per heavy atom. The van der Waals surface area contributed by atoms with E-state index in [9.17, 15) is 13.2 Å². The van der Waals surface area contributed by atoms with Crippen LogP contribution >= 0.6 is 27.7 Å². The number of amides is 1. The molecule has 2 saturated heterocycles. The first-order valence-corrected chi connectivity index (χ1v) is 11.3. The summed E-state index contributed by atoms with van der Waals surface area (Å²) >= 11 is 4.86. The van der Waals surface area contributed by atoms with Crippen LogP contribution in [0, 0.1) is 5.92 Å². The van der Waals surface area contributed by atoms with E-state index in [0.717, 1.165) is 16.6 Å². The third-order valence-electron chi connectivity index (χ3n) is 4.39. The lowest BCUT2D eigenvalue weighted by Gasteiger charge is -2.24. The van der Waals surface area contributed by atoms with Crippen LogP contribution in [-0.4, -0.2) is 42.3 Å². The molecular weight excluding hydrogens is 412 g/mol. The molecule has 0 saturated carbocycles. The molecule has 8 heteroatoms. The van der Waals surface area contributed by atoms with Crippen LogP contribution in [0.2, 0.25) is 0 Å². The number of hydrogen-bond acceptors (Lipinski definition) is 4. The minimum Gasteiger partial charge on any atom is -0.316 e. The lowest BCUT2D eigenvalue weighted by Crippen LogP contribution is -2.37. The van der Waals surface area contributed by atoms with Crippen molar-refractivity contribution in [2.75, 3.05) is 16.4 Å². The summed E-state index contributed by atoms with van der Waals surface area (Å²) in [6, 6.07) is 7.49. The molecule has 24 heavy (non-hydrogen) atoms. The maximum atomic E-state index is 12.3. The van der Waals surface area contributed by atoms with E-state index in [1.165, 1.54) is 11.8 Å². The molecule has 2 aliphatic rings. The summed E-state index contributed by atoms with van der Waals surface area (Å²) in [5.41, 5.74) is 0.858. The number of thioether (sulfide) groups is 1. The summed E-state index contributed by atoms with van der Waals surface area (Å²) in [5.74, 6) is -0.0358. The van der Waals surface area contributed by atoms with E-state index in [0.29, 0.717) is 5.17 Å². The molecule has 0 bridgehead atoms. The summed E-state index contributed by atoms with van der Waals surface area (Å²) in [5, 5.41) is 0.542. The lowest BCUT2D eigenvalue weighted by atomic mass is 10.1. The maximum absolute atomic E-state index is 12.3. The average molecular weight is 431 g/mol. The fraction of sp³-hybridized carbons (Fsp3) is 0.500. The van der Waals surface area contributed by atoms with Gasteiger partial charge in [0.25, 0.3) is 5.91 Å². The molecule has 0 aliphatic carbocycles. The van der Waals surface area contributed by atoms with Crippen molar-refractivity contribution < 1.29 is 13.2 Å². The zero-order chi connectivity index (χ0) is 17.5. The minimum atomic E-state index is -3.04. The van der Waals surface area contributed by atoms with Gasteiger partial charge < -0.3 is 4.90 Å². The molecule has 0 unspecified atom stereocenters. The number of amidine groups is 1. The number of hydrogen-bond donors (Lipinski definition) is 0. The Labute approximate surface area is 155 Å². The molecule has 1 aromatic rings. The second-order valence-electron chi connectivity index (χ2n) is 6.19. The van der Waals surface area contributed by atoms with Gasteiger partial charge in [0.15, 0.2) is 15.0 Å². The van der Waals surface area contributed by atoms with Crippen LogP contribution in [0.4, 0.5) is 5.69 Å². The number of fused-ring (bicyclic) bond motifs is 1. The van der Waals surface area contributed by atoms with Gasteiger partial charge in [-0.2, -0.15) is 4.99 Å². The van der Waals surface area contributed by atoms with Crippen LogP contribution in [0.25, 0.3) is 0 Å². The average Bonchev–Trinajstić information content (AvgIpc) is 2.97. The van der Waals surface area contributed by atoms with Crippen LogP contribution in [0.5, 0.6) is 0 Å². The van der Waals surface area contributed by atoms with Crippen molar-refractivity contribution in [3.63, 3.8) is 0 Å². The Morgan fingerprint density at radius 1 is 1.46 bits per heavy atom. The predicted octanol–water partition coefficient (Wildman–Crippen LogP) is 3.10. The second kappa shape index (κ2) is 6.80. The van der Waals surface area contributed by atoms with Gasteiger partial charge in [0.05, 0.1) is 17.5 Å². The summed E-state index contributed by atoms with van der Waals surface area (Å²) < 4.78 is 24.9. The Kier molecular flexibility index (Phi) is 5.09. The van der Waals surface area contributed by atoms with E-state index >= 15 is 0 Å². The fourth-order valence-corrected chi connectivity index (χ4v) is 7.18. The molecule has 2 fully saturated rings. The summed E-state index contributed by atoms with van der Waals surface area (Å²) in [6.07, 6.45) is 0.735. The number of rotatable bonds is 3. The molecule has 5 nitrogen and oxygen atoms in total. The topological polar surface area (TPSA) is 66.8 Å². The third-order valence-corrected chi connectivity index (χ3v) is 8.10. The van der Waals surface area contributed by atoms with Crippen molar-refractivity contribution in [2.45, 2.75) is 31.6 Å². The van der Waals surface area contributed by atoms with Gasteiger partial charge in [-0.1, -0.05) is 47.6 Å². The molecule has 1 amide bonds. The van der Waals surface area contributed by atoms with Crippen LogP contribution < -0.4 is 4.90 Å². The summed E-state index contributed by atoms with van der Waals surface area (Å²) in [4.78, 5) is 18.5. The van der Waals surface area contributed by atoms with Gasteiger partial charge in [-0.15, -0.1) is 0 Å². The number of aliphatic imine (C=N–C) groups is 1. The van der Waals surface area contributed by atoms with E-state index in [-0.39, 0.29) is 34.6 Å². The Hall–Kier alpha value is -0.860. The molecule has 2 heterocycles. The summed E-state index contributed by atoms with van der Waals surface area (Å²) in [6.45, 7) is 3.82. The van der Waals surface area contributed by atoms with Gasteiger partial charge in [-0.05, 0) is 24.6 Å². The predicted molar refractivity (Wildman–Crippen MR) is 102 cm³/mol. The van der Waals surface area contributed by atoms with Gasteiger partial charge in [0.2, 0.25) is 0 Å². The number of carbonyl (C=O) groups excluding carboxylic acids is 1. The second-order valence-corrected chi connectivity index (χ2v) is 10.5. The monoisotopic (exact) mass is 430 g/mol. The van der Waals surface area contributed by atoms with Gasteiger partial charge in [0, 0.05) is 21.3 Å². The van der Waals surface area contributed by atoms with E-state index in [1.807, 2.05) is 43.0 Å². The van der Waals surface area contributed by atoms with Crippen molar-refractivity contribution >= 4 is 54.3 Å². The molecular formula is C16H19BrN2O3S2. The molecule has 3 rings (SSSR count). The summed E-state index contributed by atoms with van der Waals surface area (Å²) in [7, 11) is -3.04. The van der Waals surface area contributed by atoms with E-state index in [2.05, 4.69) is 20.9 Å². The number of carbonyl (C=O) groups is 1.